The molecule has 110 valence electrons. The Balaban J connectivity index is 1.82. The van der Waals surface area contributed by atoms with E-state index in [0.29, 0.717) is 6.07 Å². The van der Waals surface area contributed by atoms with Crippen molar-refractivity contribution in [2.45, 2.75) is 6.61 Å². The van der Waals surface area contributed by atoms with Crippen molar-refractivity contribution in [1.29, 1.82) is 0 Å². The predicted molar refractivity (Wildman–Crippen MR) is 80.3 cm³/mol. The number of thiophene rings is 1. The number of rotatable bonds is 5. The molecule has 0 aliphatic carbocycles. The van der Waals surface area contributed by atoms with E-state index in [9.17, 15) is 13.6 Å². The highest BCUT2D eigenvalue weighted by molar-refractivity contribution is 9.11. The minimum absolute atomic E-state index is 0.130. The lowest BCUT2D eigenvalue weighted by Crippen LogP contribution is -2.14. The lowest BCUT2D eigenvalue weighted by atomic mass is 10.3. The smallest absolute Gasteiger partial charge is 0.270 e. The van der Waals surface area contributed by atoms with E-state index in [1.165, 1.54) is 11.3 Å². The molecule has 2 rings (SSSR count). The number of nitrogens with one attached hydrogen (secondary N) is 1. The van der Waals surface area contributed by atoms with Crippen LogP contribution < -0.4 is 5.32 Å². The second-order valence-electron chi connectivity index (χ2n) is 3.88. The molecule has 0 bridgehead atoms. The summed E-state index contributed by atoms with van der Waals surface area (Å²) in [6.45, 7) is 0.219. The first-order chi connectivity index (χ1) is 10.0. The molecular weight excluding hydrogens is 366 g/mol. The van der Waals surface area contributed by atoms with Gasteiger partial charge >= 0.3 is 0 Å². The van der Waals surface area contributed by atoms with Crippen LogP contribution in [0.1, 0.15) is 5.56 Å². The Morgan fingerprint density at radius 2 is 2.24 bits per heavy atom. The molecule has 0 saturated heterocycles. The Labute approximate surface area is 131 Å². The number of hydrogen-bond donors (Lipinski definition) is 1. The van der Waals surface area contributed by atoms with Gasteiger partial charge in [-0.25, -0.2) is 8.78 Å². The molecule has 0 fully saturated rings. The van der Waals surface area contributed by atoms with Crippen molar-refractivity contribution in [3.05, 3.63) is 50.6 Å². The zero-order valence-electron chi connectivity index (χ0n) is 10.5. The number of carbonyl (C=O) groups is 1. The Bertz CT molecular complexity index is 676. The number of amides is 1. The van der Waals surface area contributed by atoms with Gasteiger partial charge in [-0.1, -0.05) is 5.16 Å². The van der Waals surface area contributed by atoms with Crippen LogP contribution in [0.15, 0.2) is 38.6 Å². The van der Waals surface area contributed by atoms with Crippen LogP contribution in [-0.4, -0.2) is 12.1 Å². The van der Waals surface area contributed by atoms with Crippen LogP contribution in [0.25, 0.3) is 0 Å². The highest BCUT2D eigenvalue weighted by Gasteiger charge is 2.06. The minimum Gasteiger partial charge on any atom is -0.391 e. The Hall–Kier alpha value is -1.80. The van der Waals surface area contributed by atoms with Crippen LogP contribution in [0.2, 0.25) is 0 Å². The maximum absolute atomic E-state index is 13.3. The van der Waals surface area contributed by atoms with Gasteiger partial charge in [0, 0.05) is 11.6 Å². The van der Waals surface area contributed by atoms with Gasteiger partial charge in [0.25, 0.3) is 5.91 Å². The number of hydrogen-bond acceptors (Lipinski definition) is 4. The van der Waals surface area contributed by atoms with Crippen molar-refractivity contribution in [3.63, 3.8) is 0 Å². The van der Waals surface area contributed by atoms with Crippen LogP contribution in [0.4, 0.5) is 14.5 Å². The summed E-state index contributed by atoms with van der Waals surface area (Å²) >= 11 is 4.82. The first-order valence-corrected chi connectivity index (χ1v) is 7.36. The third kappa shape index (κ3) is 4.91. The summed E-state index contributed by atoms with van der Waals surface area (Å²) in [5.41, 5.74) is 0.781. The molecule has 1 N–H and O–H groups in total. The van der Waals surface area contributed by atoms with Gasteiger partial charge in [-0.15, -0.1) is 11.3 Å². The summed E-state index contributed by atoms with van der Waals surface area (Å²) in [5.74, 6) is -2.25. The molecule has 0 radical (unpaired) electrons. The Kier molecular flexibility index (Phi) is 5.40. The number of carbonyl (C=O) groups excluding carboxylic acids is 1. The van der Waals surface area contributed by atoms with Crippen LogP contribution in [0, 0.1) is 11.6 Å². The summed E-state index contributed by atoms with van der Waals surface area (Å²) in [6, 6.07) is 4.72. The highest BCUT2D eigenvalue weighted by atomic mass is 79.9. The van der Waals surface area contributed by atoms with E-state index in [1.807, 2.05) is 11.4 Å². The minimum atomic E-state index is -0.860. The fourth-order valence-corrected chi connectivity index (χ4v) is 2.57. The summed E-state index contributed by atoms with van der Waals surface area (Å²) in [4.78, 5) is 16.4. The molecule has 0 aliphatic heterocycles. The van der Waals surface area contributed by atoms with E-state index in [0.717, 1.165) is 27.7 Å². The summed E-state index contributed by atoms with van der Waals surface area (Å²) in [6.07, 6.45) is 0.879. The fourth-order valence-electron chi connectivity index (χ4n) is 1.37. The van der Waals surface area contributed by atoms with E-state index >= 15 is 0 Å². The van der Waals surface area contributed by atoms with Crippen molar-refractivity contribution in [3.8, 4) is 0 Å². The van der Waals surface area contributed by atoms with Crippen LogP contribution >= 0.6 is 27.3 Å². The van der Waals surface area contributed by atoms with Gasteiger partial charge in [-0.05, 0) is 39.5 Å². The van der Waals surface area contributed by atoms with Gasteiger partial charge < -0.3 is 10.2 Å². The number of anilines is 1. The molecule has 0 atom stereocenters. The van der Waals surface area contributed by atoms with Crippen LogP contribution in [-0.2, 0) is 16.2 Å². The molecule has 21 heavy (non-hydrogen) atoms. The van der Waals surface area contributed by atoms with E-state index in [-0.39, 0.29) is 12.3 Å². The van der Waals surface area contributed by atoms with Crippen molar-refractivity contribution < 1.29 is 18.4 Å². The molecule has 2 aromatic rings. The predicted octanol–water partition coefficient (Wildman–Crippen LogP) is 3.93. The van der Waals surface area contributed by atoms with Gasteiger partial charge in [0.15, 0.2) is 0 Å². The molecule has 0 aliphatic rings. The van der Waals surface area contributed by atoms with Crippen molar-refractivity contribution in [1.82, 2.24) is 0 Å². The van der Waals surface area contributed by atoms with Crippen LogP contribution in [0.3, 0.4) is 0 Å². The van der Waals surface area contributed by atoms with E-state index in [4.69, 9.17) is 4.84 Å². The van der Waals surface area contributed by atoms with Gasteiger partial charge in [0.1, 0.15) is 24.5 Å². The molecule has 8 heteroatoms. The summed E-state index contributed by atoms with van der Waals surface area (Å²) in [5, 5.41) is 7.58. The monoisotopic (exact) mass is 374 g/mol. The normalized spacial score (nSPS) is 10.8. The summed E-state index contributed by atoms with van der Waals surface area (Å²) < 4.78 is 27.0. The third-order valence-corrected chi connectivity index (χ3v) is 3.84. The Morgan fingerprint density at radius 1 is 1.43 bits per heavy atom. The van der Waals surface area contributed by atoms with E-state index in [1.54, 1.807) is 0 Å². The molecule has 1 aromatic heterocycles. The van der Waals surface area contributed by atoms with Crippen molar-refractivity contribution in [2.24, 2.45) is 5.16 Å². The molecule has 0 saturated carbocycles. The second kappa shape index (κ2) is 7.28. The molecule has 0 unspecified atom stereocenters. The molecule has 1 aromatic carbocycles. The van der Waals surface area contributed by atoms with Gasteiger partial charge in [-0.2, -0.15) is 0 Å². The van der Waals surface area contributed by atoms with Gasteiger partial charge in [0.2, 0.25) is 0 Å². The average molecular weight is 375 g/mol. The first kappa shape index (κ1) is 15.6. The zero-order chi connectivity index (χ0) is 15.2. The number of benzene rings is 1. The van der Waals surface area contributed by atoms with Gasteiger partial charge in [-0.3, -0.25) is 4.79 Å². The lowest BCUT2D eigenvalue weighted by Gasteiger charge is -2.03. The standard InChI is InChI=1S/C13H9BrF2N2O2S/c14-12-3-8(7-21-12)6-20-17-5-13(19)18-11-2-1-9(15)4-10(11)16/h1-5,7H,6H2,(H,18,19)/b17-5+. The number of oxime groups is 1. The zero-order valence-corrected chi connectivity index (χ0v) is 12.9. The Morgan fingerprint density at radius 3 is 2.90 bits per heavy atom. The molecule has 4 nitrogen and oxygen atoms in total. The second-order valence-corrected chi connectivity index (χ2v) is 6.17. The van der Waals surface area contributed by atoms with Crippen LogP contribution in [0.5, 0.6) is 0 Å². The lowest BCUT2D eigenvalue weighted by molar-refractivity contribution is -0.110. The quantitative estimate of drug-likeness (QED) is 0.636. The van der Waals surface area contributed by atoms with Crippen molar-refractivity contribution >= 4 is 45.1 Å². The topological polar surface area (TPSA) is 50.7 Å². The maximum atomic E-state index is 13.3. The number of halogens is 3. The largest absolute Gasteiger partial charge is 0.391 e. The van der Waals surface area contributed by atoms with E-state index in [2.05, 4.69) is 26.4 Å². The maximum Gasteiger partial charge on any atom is 0.270 e. The fraction of sp³-hybridized carbons (Fsp3) is 0.0769. The SMILES string of the molecule is O=C(/C=N/OCc1csc(Br)c1)Nc1ccc(F)cc1F. The molecule has 0 spiro atoms. The summed E-state index contributed by atoms with van der Waals surface area (Å²) in [7, 11) is 0. The molecular formula is C13H9BrF2N2O2S. The van der Waals surface area contributed by atoms with Crippen molar-refractivity contribution in [2.75, 3.05) is 5.32 Å². The first-order valence-electron chi connectivity index (χ1n) is 5.69. The highest BCUT2D eigenvalue weighted by Crippen LogP contribution is 2.21. The third-order valence-electron chi connectivity index (χ3n) is 2.29. The average Bonchev–Trinajstić information content (AvgIpc) is 2.84. The molecule has 1 heterocycles. The van der Waals surface area contributed by atoms with E-state index < -0.39 is 17.5 Å². The number of nitrogens with zero attached hydrogens (tertiary/aromatic N) is 1. The van der Waals surface area contributed by atoms with Gasteiger partial charge in [0.05, 0.1) is 9.47 Å². The molecule has 1 amide bonds.